The molecule has 3 aliphatic rings. The number of ether oxygens (including phenoxy) is 1. The molecule has 1 heterocycles. The second-order valence-electron chi connectivity index (χ2n) is 10.0. The monoisotopic (exact) mass is 760 g/mol. The fourth-order valence-electron chi connectivity index (χ4n) is 5.29. The van der Waals surface area contributed by atoms with Gasteiger partial charge in [0.05, 0.1) is 18.1 Å². The predicted octanol–water partition coefficient (Wildman–Crippen LogP) is 9.07. The van der Waals surface area contributed by atoms with Crippen LogP contribution < -0.4 is 4.74 Å². The summed E-state index contributed by atoms with van der Waals surface area (Å²) >= 11 is 12.2. The molecule has 196 valence electrons. The average Bonchev–Trinajstić information content (AvgIpc) is 3.19. The molecule has 0 spiro atoms. The molecule has 3 fully saturated rings. The zero-order valence-electron chi connectivity index (χ0n) is 20.7. The summed E-state index contributed by atoms with van der Waals surface area (Å²) in [7, 11) is 0. The van der Waals surface area contributed by atoms with Crippen LogP contribution in [0.5, 0.6) is 5.75 Å². The molecule has 0 radical (unpaired) electrons. The molecule has 0 N–H and O–H groups in total. The van der Waals surface area contributed by atoms with Gasteiger partial charge in [0.1, 0.15) is 12.4 Å². The number of rotatable bonds is 6. The van der Waals surface area contributed by atoms with Gasteiger partial charge in [-0.25, -0.2) is 0 Å². The first-order valence-corrected chi connectivity index (χ1v) is 16.5. The Morgan fingerprint density at radius 3 is 2.24 bits per heavy atom. The number of nitrogens with zero attached hydrogens (tertiary/aromatic N) is 2. The zero-order chi connectivity index (χ0) is 25.8. The van der Waals surface area contributed by atoms with Crippen LogP contribution in [0.2, 0.25) is 5.02 Å². The summed E-state index contributed by atoms with van der Waals surface area (Å²) in [6, 6.07) is 12.6. The molecule has 2 aliphatic carbocycles. The summed E-state index contributed by atoms with van der Waals surface area (Å²) in [6.45, 7) is 0.481. The highest BCUT2D eigenvalue weighted by molar-refractivity contribution is 14.1. The number of benzene rings is 2. The Balaban J connectivity index is 1.37. The van der Waals surface area contributed by atoms with Crippen molar-refractivity contribution >= 4 is 85.7 Å². The Kier molecular flexibility index (Phi) is 9.80. The van der Waals surface area contributed by atoms with Crippen LogP contribution in [-0.4, -0.2) is 28.1 Å². The number of carbonyl (C=O) groups is 1. The van der Waals surface area contributed by atoms with E-state index in [0.29, 0.717) is 12.6 Å². The lowest BCUT2D eigenvalue weighted by atomic mass is 9.94. The molecule has 8 heteroatoms. The minimum absolute atomic E-state index is 0.125. The Bertz CT molecular complexity index is 1170. The van der Waals surface area contributed by atoms with Gasteiger partial charge in [0, 0.05) is 11.1 Å². The van der Waals surface area contributed by atoms with Crippen LogP contribution in [0.3, 0.4) is 0 Å². The molecular formula is C29H31ClI2N2O2S. The Labute approximate surface area is 256 Å². The van der Waals surface area contributed by atoms with Gasteiger partial charge in [-0.15, -0.1) is 0 Å². The molecule has 0 aromatic heterocycles. The molecule has 4 nitrogen and oxygen atoms in total. The number of amidine groups is 1. The quantitative estimate of drug-likeness (QED) is 0.218. The number of hydrogen-bond donors (Lipinski definition) is 0. The zero-order valence-corrected chi connectivity index (χ0v) is 26.6. The lowest BCUT2D eigenvalue weighted by molar-refractivity contribution is -0.124. The largest absolute Gasteiger partial charge is 0.487 e. The van der Waals surface area contributed by atoms with Gasteiger partial charge >= 0.3 is 0 Å². The molecule has 5 rings (SSSR count). The lowest BCUT2D eigenvalue weighted by Gasteiger charge is -2.31. The maximum atomic E-state index is 13.7. The Morgan fingerprint density at radius 1 is 0.973 bits per heavy atom. The van der Waals surface area contributed by atoms with E-state index in [1.165, 1.54) is 38.5 Å². The Morgan fingerprint density at radius 2 is 1.59 bits per heavy atom. The molecule has 1 amide bonds. The molecule has 0 bridgehead atoms. The van der Waals surface area contributed by atoms with Gasteiger partial charge in [0.25, 0.3) is 5.91 Å². The van der Waals surface area contributed by atoms with Crippen LogP contribution in [0.1, 0.15) is 75.3 Å². The smallest absolute Gasteiger partial charge is 0.266 e. The highest BCUT2D eigenvalue weighted by atomic mass is 127. The maximum absolute atomic E-state index is 13.7. The summed E-state index contributed by atoms with van der Waals surface area (Å²) < 4.78 is 8.22. The van der Waals surface area contributed by atoms with E-state index in [1.54, 1.807) is 11.8 Å². The van der Waals surface area contributed by atoms with Crippen LogP contribution in [0.25, 0.3) is 6.08 Å². The van der Waals surface area contributed by atoms with Gasteiger partial charge in [-0.2, -0.15) is 0 Å². The molecule has 0 atom stereocenters. The normalized spacial score (nSPS) is 21.8. The van der Waals surface area contributed by atoms with Crippen molar-refractivity contribution in [1.29, 1.82) is 0 Å². The highest BCUT2D eigenvalue weighted by Crippen LogP contribution is 2.39. The summed E-state index contributed by atoms with van der Waals surface area (Å²) in [5.74, 6) is 0.992. The molecule has 2 aromatic rings. The van der Waals surface area contributed by atoms with E-state index < -0.39 is 0 Å². The minimum atomic E-state index is 0.125. The first kappa shape index (κ1) is 27.8. The van der Waals surface area contributed by atoms with E-state index in [1.807, 2.05) is 35.2 Å². The van der Waals surface area contributed by atoms with Gasteiger partial charge < -0.3 is 4.74 Å². The molecule has 37 heavy (non-hydrogen) atoms. The van der Waals surface area contributed by atoms with Crippen molar-refractivity contribution in [3.8, 4) is 5.75 Å². The maximum Gasteiger partial charge on any atom is 0.266 e. The van der Waals surface area contributed by atoms with Crippen molar-refractivity contribution in [1.82, 2.24) is 4.90 Å². The van der Waals surface area contributed by atoms with Crippen molar-refractivity contribution in [2.45, 2.75) is 82.9 Å². The first-order valence-electron chi connectivity index (χ1n) is 13.1. The first-order chi connectivity index (χ1) is 18.0. The van der Waals surface area contributed by atoms with Gasteiger partial charge in [-0.3, -0.25) is 14.7 Å². The minimum Gasteiger partial charge on any atom is -0.487 e. The van der Waals surface area contributed by atoms with E-state index in [4.69, 9.17) is 21.3 Å². The number of carbonyl (C=O) groups excluding carboxylic acids is 1. The molecule has 1 saturated heterocycles. The third-order valence-corrected chi connectivity index (χ3v) is 10.1. The van der Waals surface area contributed by atoms with Crippen molar-refractivity contribution in [3.63, 3.8) is 0 Å². The van der Waals surface area contributed by atoms with E-state index in [9.17, 15) is 4.79 Å². The average molecular weight is 761 g/mol. The lowest BCUT2D eigenvalue weighted by Crippen LogP contribution is -2.41. The van der Waals surface area contributed by atoms with Crippen LogP contribution in [-0.2, 0) is 11.4 Å². The highest BCUT2D eigenvalue weighted by Gasteiger charge is 2.39. The predicted molar refractivity (Wildman–Crippen MR) is 171 cm³/mol. The van der Waals surface area contributed by atoms with Crippen molar-refractivity contribution in [2.75, 3.05) is 0 Å². The Hall–Kier alpha value is -0.780. The molecule has 2 aromatic carbocycles. The van der Waals surface area contributed by atoms with Crippen LogP contribution in [0, 0.1) is 7.14 Å². The van der Waals surface area contributed by atoms with Crippen molar-refractivity contribution in [2.24, 2.45) is 4.99 Å². The number of thioether (sulfide) groups is 1. The standard InChI is InChI=1S/C29H31ClI2N2O2S/c30-21-13-11-19(12-14-21)18-36-27-24(31)15-20(16-25(27)32)17-26-28(35)34(23-9-5-2-6-10-23)29(37-26)33-22-7-3-1-4-8-22/h11-17,22-23H,1-10,18H2. The summed E-state index contributed by atoms with van der Waals surface area (Å²) in [6.07, 6.45) is 14.0. The van der Waals surface area contributed by atoms with Gasteiger partial charge in [0.2, 0.25) is 0 Å². The van der Waals surface area contributed by atoms with Gasteiger partial charge in [0.15, 0.2) is 5.17 Å². The SMILES string of the molecule is O=C1C(=Cc2cc(I)c(OCc3ccc(Cl)cc3)c(I)c2)SC(=NC2CCCCC2)N1C1CCCCC1. The van der Waals surface area contributed by atoms with Crippen LogP contribution >= 0.6 is 68.5 Å². The van der Waals surface area contributed by atoms with Crippen molar-refractivity contribution < 1.29 is 9.53 Å². The molecule has 2 saturated carbocycles. The van der Waals surface area contributed by atoms with E-state index in [0.717, 1.165) is 64.8 Å². The molecule has 1 aliphatic heterocycles. The van der Waals surface area contributed by atoms with E-state index in [2.05, 4.69) is 57.3 Å². The topological polar surface area (TPSA) is 41.9 Å². The van der Waals surface area contributed by atoms with Gasteiger partial charge in [-0.05, 0) is 124 Å². The summed E-state index contributed by atoms with van der Waals surface area (Å²) in [5.41, 5.74) is 2.09. The molecular weight excluding hydrogens is 730 g/mol. The summed E-state index contributed by atoms with van der Waals surface area (Å²) in [5, 5.41) is 1.65. The number of halogens is 3. The second-order valence-corrected chi connectivity index (χ2v) is 13.8. The number of hydrogen-bond acceptors (Lipinski definition) is 4. The van der Waals surface area contributed by atoms with E-state index in [-0.39, 0.29) is 11.9 Å². The fraction of sp³-hybridized carbons (Fsp3) is 0.448. The fourth-order valence-corrected chi connectivity index (χ4v) is 8.66. The van der Waals surface area contributed by atoms with Gasteiger partial charge in [-0.1, -0.05) is 62.3 Å². The molecule has 0 unspecified atom stereocenters. The number of amides is 1. The third kappa shape index (κ3) is 7.06. The van der Waals surface area contributed by atoms with Crippen molar-refractivity contribution in [3.05, 3.63) is 64.6 Å². The third-order valence-electron chi connectivity index (χ3n) is 7.26. The second kappa shape index (κ2) is 13.0. The summed E-state index contributed by atoms with van der Waals surface area (Å²) in [4.78, 5) is 21.7. The van der Waals surface area contributed by atoms with E-state index >= 15 is 0 Å². The van der Waals surface area contributed by atoms with Crippen LogP contribution in [0.15, 0.2) is 46.3 Å². The van der Waals surface area contributed by atoms with Crippen LogP contribution in [0.4, 0.5) is 0 Å². The number of aliphatic imine (C=N–C) groups is 1.